The summed E-state index contributed by atoms with van der Waals surface area (Å²) in [5, 5.41) is 0. The Hall–Kier alpha value is -3.52. The van der Waals surface area contributed by atoms with E-state index >= 15 is 0 Å². The fourth-order valence-corrected chi connectivity index (χ4v) is 4.09. The third kappa shape index (κ3) is 3.15. The number of nitrogens with one attached hydrogen (secondary N) is 1. The number of benzene rings is 1. The van der Waals surface area contributed by atoms with Crippen LogP contribution >= 0.6 is 0 Å². The number of halogens is 1. The Morgan fingerprint density at radius 2 is 2.03 bits per heavy atom. The number of aromatic amines is 1. The number of hydrogen-bond donors (Lipinski definition) is 3. The van der Waals surface area contributed by atoms with Gasteiger partial charge in [-0.2, -0.15) is 0 Å². The maximum absolute atomic E-state index is 14.3. The Balaban J connectivity index is 1.74. The fourth-order valence-electron chi connectivity index (χ4n) is 4.09. The average molecular weight is 403 g/mol. The van der Waals surface area contributed by atoms with Crippen LogP contribution in [0.5, 0.6) is 0 Å². The molecule has 1 atom stereocenters. The monoisotopic (exact) mass is 403 g/mol. The molecule has 1 aliphatic rings. The average Bonchev–Trinajstić information content (AvgIpc) is 3.31. The number of anilines is 2. The van der Waals surface area contributed by atoms with Crippen molar-refractivity contribution in [1.29, 1.82) is 0 Å². The normalized spacial score (nSPS) is 19.0. The zero-order chi connectivity index (χ0) is 20.9. The summed E-state index contributed by atoms with van der Waals surface area (Å²) in [6, 6.07) is 8.59. The predicted molar refractivity (Wildman–Crippen MR) is 116 cm³/mol. The molecule has 1 unspecified atom stereocenters. The highest BCUT2D eigenvalue weighted by Gasteiger charge is 2.33. The number of pyridine rings is 2. The molecule has 1 fully saturated rings. The van der Waals surface area contributed by atoms with Crippen molar-refractivity contribution in [3.63, 3.8) is 0 Å². The fraction of sp³-hybridized carbons (Fsp3) is 0.227. The second-order valence-corrected chi connectivity index (χ2v) is 8.10. The van der Waals surface area contributed by atoms with E-state index in [1.54, 1.807) is 18.5 Å². The molecule has 8 heteroatoms. The quantitative estimate of drug-likeness (QED) is 0.484. The SMILES string of the molecule is CC1(N)CCN(c2c(-c3ccnc(N)c3)cncc2-c2nc3c(F)cccc3[nH]2)C1. The molecule has 3 aromatic heterocycles. The predicted octanol–water partition coefficient (Wildman–Crippen LogP) is 3.34. The first-order valence-corrected chi connectivity index (χ1v) is 9.80. The van der Waals surface area contributed by atoms with E-state index in [1.165, 1.54) is 6.07 Å². The van der Waals surface area contributed by atoms with E-state index in [1.807, 2.05) is 24.4 Å². The molecule has 5 N–H and O–H groups in total. The number of nitrogens with zero attached hydrogens (tertiary/aromatic N) is 4. The molecule has 30 heavy (non-hydrogen) atoms. The number of rotatable bonds is 3. The summed E-state index contributed by atoms with van der Waals surface area (Å²) in [6.45, 7) is 3.53. The minimum Gasteiger partial charge on any atom is -0.384 e. The molecular formula is C22H22FN7. The summed E-state index contributed by atoms with van der Waals surface area (Å²) in [5.74, 6) is 0.630. The second kappa shape index (κ2) is 6.77. The van der Waals surface area contributed by atoms with Crippen LogP contribution < -0.4 is 16.4 Å². The van der Waals surface area contributed by atoms with Gasteiger partial charge in [0.2, 0.25) is 0 Å². The van der Waals surface area contributed by atoms with E-state index in [0.717, 1.165) is 35.3 Å². The minimum absolute atomic E-state index is 0.297. The minimum atomic E-state index is -0.363. The standard InChI is InChI=1S/C22H22FN7/c1-22(25)6-8-30(12-22)20-14(13-5-7-27-18(24)9-13)10-26-11-15(20)21-28-17-4-2-3-16(23)19(17)29-21/h2-5,7,9-11H,6,8,12,25H2,1H3,(H2,24,27)(H,28,29). The van der Waals surface area contributed by atoms with E-state index in [-0.39, 0.29) is 11.4 Å². The van der Waals surface area contributed by atoms with Gasteiger partial charge in [-0.25, -0.2) is 14.4 Å². The molecule has 0 aliphatic carbocycles. The number of para-hydroxylation sites is 1. The van der Waals surface area contributed by atoms with Crippen molar-refractivity contribution in [1.82, 2.24) is 19.9 Å². The molecule has 1 saturated heterocycles. The van der Waals surface area contributed by atoms with Gasteiger partial charge in [0.15, 0.2) is 5.82 Å². The number of hydrogen-bond acceptors (Lipinski definition) is 6. The van der Waals surface area contributed by atoms with Gasteiger partial charge in [0.1, 0.15) is 17.2 Å². The van der Waals surface area contributed by atoms with E-state index in [9.17, 15) is 4.39 Å². The molecule has 4 aromatic rings. The van der Waals surface area contributed by atoms with Gasteiger partial charge in [0.25, 0.3) is 0 Å². The van der Waals surface area contributed by atoms with Crippen LogP contribution in [-0.2, 0) is 0 Å². The smallest absolute Gasteiger partial charge is 0.151 e. The first kappa shape index (κ1) is 18.5. The number of H-pyrrole nitrogens is 1. The maximum atomic E-state index is 14.3. The number of fused-ring (bicyclic) bond motifs is 1. The lowest BCUT2D eigenvalue weighted by Gasteiger charge is -2.26. The molecule has 1 aliphatic heterocycles. The van der Waals surface area contributed by atoms with Crippen LogP contribution in [0, 0.1) is 5.82 Å². The lowest BCUT2D eigenvalue weighted by Crippen LogP contribution is -2.39. The van der Waals surface area contributed by atoms with E-state index in [2.05, 4.69) is 31.8 Å². The molecule has 152 valence electrons. The van der Waals surface area contributed by atoms with Gasteiger partial charge in [0, 0.05) is 42.8 Å². The first-order valence-electron chi connectivity index (χ1n) is 9.80. The van der Waals surface area contributed by atoms with Gasteiger partial charge in [-0.1, -0.05) is 6.07 Å². The second-order valence-electron chi connectivity index (χ2n) is 8.10. The van der Waals surface area contributed by atoms with Crippen molar-refractivity contribution in [3.8, 4) is 22.5 Å². The molecule has 1 aromatic carbocycles. The lowest BCUT2D eigenvalue weighted by molar-refractivity contribution is 0.525. The third-order valence-electron chi connectivity index (χ3n) is 5.55. The Kier molecular flexibility index (Phi) is 4.18. The molecule has 0 radical (unpaired) electrons. The highest BCUT2D eigenvalue weighted by molar-refractivity contribution is 5.91. The summed E-state index contributed by atoms with van der Waals surface area (Å²) in [7, 11) is 0. The van der Waals surface area contributed by atoms with Crippen LogP contribution in [0.25, 0.3) is 33.5 Å². The number of nitrogens with two attached hydrogens (primary N) is 2. The Morgan fingerprint density at radius 1 is 1.20 bits per heavy atom. The largest absolute Gasteiger partial charge is 0.384 e. The van der Waals surface area contributed by atoms with Crippen molar-refractivity contribution >= 4 is 22.5 Å². The van der Waals surface area contributed by atoms with Crippen LogP contribution in [0.1, 0.15) is 13.3 Å². The van der Waals surface area contributed by atoms with Crippen molar-refractivity contribution in [2.24, 2.45) is 5.73 Å². The van der Waals surface area contributed by atoms with E-state index in [0.29, 0.717) is 29.2 Å². The molecule has 7 nitrogen and oxygen atoms in total. The van der Waals surface area contributed by atoms with Gasteiger partial charge in [-0.05, 0) is 43.2 Å². The summed E-state index contributed by atoms with van der Waals surface area (Å²) < 4.78 is 14.3. The van der Waals surface area contributed by atoms with Crippen molar-refractivity contribution in [2.75, 3.05) is 23.7 Å². The van der Waals surface area contributed by atoms with Gasteiger partial charge < -0.3 is 21.4 Å². The highest BCUT2D eigenvalue weighted by Crippen LogP contribution is 2.41. The summed E-state index contributed by atoms with van der Waals surface area (Å²) >= 11 is 0. The van der Waals surface area contributed by atoms with Crippen molar-refractivity contribution in [3.05, 3.63) is 54.7 Å². The summed E-state index contributed by atoms with van der Waals surface area (Å²) in [4.78, 5) is 18.6. The van der Waals surface area contributed by atoms with E-state index < -0.39 is 0 Å². The summed E-state index contributed by atoms with van der Waals surface area (Å²) in [5.41, 5.74) is 16.6. The van der Waals surface area contributed by atoms with Gasteiger partial charge in [-0.3, -0.25) is 4.98 Å². The van der Waals surface area contributed by atoms with Crippen molar-refractivity contribution < 1.29 is 4.39 Å². The summed E-state index contributed by atoms with van der Waals surface area (Å²) in [6.07, 6.45) is 6.10. The molecule has 0 saturated carbocycles. The zero-order valence-corrected chi connectivity index (χ0v) is 16.6. The number of nitrogen functional groups attached to an aromatic ring is 1. The highest BCUT2D eigenvalue weighted by atomic mass is 19.1. The molecule has 0 spiro atoms. The van der Waals surface area contributed by atoms with Crippen LogP contribution in [0.15, 0.2) is 48.9 Å². The molecule has 0 amide bonds. The number of imidazole rings is 1. The molecular weight excluding hydrogens is 381 g/mol. The van der Waals surface area contributed by atoms with Gasteiger partial charge in [-0.15, -0.1) is 0 Å². The Morgan fingerprint density at radius 3 is 2.77 bits per heavy atom. The van der Waals surface area contributed by atoms with Gasteiger partial charge >= 0.3 is 0 Å². The van der Waals surface area contributed by atoms with Crippen LogP contribution in [0.3, 0.4) is 0 Å². The third-order valence-corrected chi connectivity index (χ3v) is 5.55. The Labute approximate surface area is 173 Å². The van der Waals surface area contributed by atoms with Crippen LogP contribution in [-0.4, -0.2) is 38.6 Å². The molecule has 0 bridgehead atoms. The van der Waals surface area contributed by atoms with Crippen molar-refractivity contribution in [2.45, 2.75) is 18.9 Å². The lowest BCUT2D eigenvalue weighted by atomic mass is 10.0. The first-order chi connectivity index (χ1) is 14.4. The molecule has 5 rings (SSSR count). The van der Waals surface area contributed by atoms with E-state index in [4.69, 9.17) is 11.5 Å². The topological polar surface area (TPSA) is 110 Å². The maximum Gasteiger partial charge on any atom is 0.151 e. The zero-order valence-electron chi connectivity index (χ0n) is 16.6. The van der Waals surface area contributed by atoms with Crippen LogP contribution in [0.2, 0.25) is 0 Å². The van der Waals surface area contributed by atoms with Crippen LogP contribution in [0.4, 0.5) is 15.9 Å². The van der Waals surface area contributed by atoms with Gasteiger partial charge in [0.05, 0.1) is 16.8 Å². The number of aromatic nitrogens is 4. The Bertz CT molecular complexity index is 1250. The molecule has 4 heterocycles.